The van der Waals surface area contributed by atoms with Gasteiger partial charge in [-0.1, -0.05) is 51.9 Å². The van der Waals surface area contributed by atoms with E-state index in [2.05, 4.69) is 44.1 Å². The maximum absolute atomic E-state index is 4.51. The average Bonchev–Trinajstić information content (AvgIpc) is 2.18. The van der Waals surface area contributed by atoms with Gasteiger partial charge in [0.2, 0.25) is 0 Å². The Labute approximate surface area is 95.0 Å². The molecule has 1 rings (SSSR count). The molecule has 1 heterocycles. The minimum atomic E-state index is -1.26. The summed E-state index contributed by atoms with van der Waals surface area (Å²) in [6.45, 7) is 9.45. The molecule has 0 aliphatic carbocycles. The summed E-state index contributed by atoms with van der Waals surface area (Å²) in [7, 11) is -1.26. The van der Waals surface area contributed by atoms with E-state index in [1.54, 1.807) is 0 Å². The van der Waals surface area contributed by atoms with Gasteiger partial charge in [-0.25, -0.2) is 0 Å². The first kappa shape index (κ1) is 12.4. The average molecular weight is 221 g/mol. The van der Waals surface area contributed by atoms with Crippen LogP contribution in [0.5, 0.6) is 0 Å². The molecule has 84 valence electrons. The Kier molecular flexibility index (Phi) is 4.52. The minimum absolute atomic E-state index is 0.832. The fourth-order valence-electron chi connectivity index (χ4n) is 1.84. The Balaban J connectivity index is 2.52. The van der Waals surface area contributed by atoms with Crippen molar-refractivity contribution in [3.63, 3.8) is 0 Å². The summed E-state index contributed by atoms with van der Waals surface area (Å²) in [5.41, 5.74) is 0. The number of rotatable bonds is 5. The second-order valence-electron chi connectivity index (χ2n) is 5.38. The zero-order valence-electron chi connectivity index (χ0n) is 10.5. The standard InChI is InChI=1S/C13H23NSi/c1-12(2)8-7-11-15(3,4)13-9-5-6-10-14-13/h5-6,9-10,12H,7-8,11H2,1-4H3. The van der Waals surface area contributed by atoms with Gasteiger partial charge in [0.15, 0.2) is 0 Å². The highest BCUT2D eigenvalue weighted by Gasteiger charge is 2.23. The molecule has 0 unspecified atom stereocenters. The molecule has 0 aliphatic rings. The lowest BCUT2D eigenvalue weighted by molar-refractivity contribution is 0.574. The maximum atomic E-state index is 4.51. The Morgan fingerprint density at radius 2 is 2.00 bits per heavy atom. The van der Waals surface area contributed by atoms with Crippen LogP contribution >= 0.6 is 0 Å². The van der Waals surface area contributed by atoms with Crippen LogP contribution < -0.4 is 5.32 Å². The molecule has 0 N–H and O–H groups in total. The van der Waals surface area contributed by atoms with Crippen LogP contribution in [0, 0.1) is 5.92 Å². The van der Waals surface area contributed by atoms with Crippen LogP contribution in [-0.2, 0) is 0 Å². The first-order valence-electron chi connectivity index (χ1n) is 5.94. The van der Waals surface area contributed by atoms with Crippen LogP contribution in [0.2, 0.25) is 19.1 Å². The number of nitrogens with zero attached hydrogens (tertiary/aromatic N) is 1. The zero-order valence-corrected chi connectivity index (χ0v) is 11.5. The summed E-state index contributed by atoms with van der Waals surface area (Å²) < 4.78 is 0. The van der Waals surface area contributed by atoms with Gasteiger partial charge < -0.3 is 0 Å². The fourth-order valence-corrected chi connectivity index (χ4v) is 4.16. The van der Waals surface area contributed by atoms with E-state index in [0.717, 1.165) is 5.92 Å². The fraction of sp³-hybridized carbons (Fsp3) is 0.615. The summed E-state index contributed by atoms with van der Waals surface area (Å²) in [5, 5.41) is 1.36. The lowest BCUT2D eigenvalue weighted by atomic mass is 10.1. The third kappa shape index (κ3) is 4.16. The molecule has 0 spiro atoms. The highest BCUT2D eigenvalue weighted by Crippen LogP contribution is 2.15. The predicted molar refractivity (Wildman–Crippen MR) is 70.2 cm³/mol. The van der Waals surface area contributed by atoms with E-state index in [9.17, 15) is 0 Å². The van der Waals surface area contributed by atoms with E-state index >= 15 is 0 Å². The Morgan fingerprint density at radius 3 is 2.53 bits per heavy atom. The summed E-state index contributed by atoms with van der Waals surface area (Å²) >= 11 is 0. The van der Waals surface area contributed by atoms with Crippen molar-refractivity contribution in [2.45, 2.75) is 45.8 Å². The van der Waals surface area contributed by atoms with Gasteiger partial charge in [-0.05, 0) is 18.1 Å². The molecule has 0 atom stereocenters. The molecule has 1 nitrogen and oxygen atoms in total. The Morgan fingerprint density at radius 1 is 1.27 bits per heavy atom. The molecule has 0 fully saturated rings. The highest BCUT2D eigenvalue weighted by atomic mass is 28.3. The van der Waals surface area contributed by atoms with Crippen molar-refractivity contribution >= 4 is 13.4 Å². The van der Waals surface area contributed by atoms with Gasteiger partial charge in [0.1, 0.15) is 8.07 Å². The molecule has 0 aliphatic heterocycles. The second kappa shape index (κ2) is 5.45. The molecule has 0 amide bonds. The van der Waals surface area contributed by atoms with Gasteiger partial charge in [0.25, 0.3) is 0 Å². The van der Waals surface area contributed by atoms with Crippen molar-refractivity contribution in [2.75, 3.05) is 0 Å². The first-order chi connectivity index (χ1) is 7.02. The molecule has 0 aromatic carbocycles. The lowest BCUT2D eigenvalue weighted by Gasteiger charge is -2.21. The van der Waals surface area contributed by atoms with E-state index in [0.29, 0.717) is 0 Å². The number of hydrogen-bond acceptors (Lipinski definition) is 1. The SMILES string of the molecule is CC(C)CCC[Si](C)(C)c1ccccn1. The number of hydrogen-bond donors (Lipinski definition) is 0. The predicted octanol–water partition coefficient (Wildman–Crippen LogP) is 3.43. The zero-order chi connectivity index (χ0) is 11.3. The first-order valence-corrected chi connectivity index (χ1v) is 9.14. The van der Waals surface area contributed by atoms with E-state index in [1.165, 1.54) is 24.2 Å². The minimum Gasteiger partial charge on any atom is -0.266 e. The van der Waals surface area contributed by atoms with Crippen LogP contribution in [0.25, 0.3) is 0 Å². The Hall–Kier alpha value is -0.633. The molecule has 0 saturated heterocycles. The van der Waals surface area contributed by atoms with Crippen molar-refractivity contribution < 1.29 is 0 Å². The number of aromatic nitrogens is 1. The van der Waals surface area contributed by atoms with Gasteiger partial charge in [-0.15, -0.1) is 0 Å². The van der Waals surface area contributed by atoms with Gasteiger partial charge in [0, 0.05) is 11.5 Å². The molecule has 0 bridgehead atoms. The van der Waals surface area contributed by atoms with E-state index in [4.69, 9.17) is 0 Å². The van der Waals surface area contributed by atoms with Crippen molar-refractivity contribution in [1.29, 1.82) is 0 Å². The van der Waals surface area contributed by atoms with Gasteiger partial charge in [-0.3, -0.25) is 4.98 Å². The smallest absolute Gasteiger partial charge is 0.104 e. The summed E-state index contributed by atoms with van der Waals surface area (Å²) in [6.07, 6.45) is 4.63. The number of pyridine rings is 1. The molecule has 0 saturated carbocycles. The quantitative estimate of drug-likeness (QED) is 0.694. The maximum Gasteiger partial charge on any atom is 0.104 e. The van der Waals surface area contributed by atoms with E-state index in [1.807, 2.05) is 12.3 Å². The van der Waals surface area contributed by atoms with Crippen molar-refractivity contribution in [3.8, 4) is 0 Å². The summed E-state index contributed by atoms with van der Waals surface area (Å²) in [6, 6.07) is 7.67. The largest absolute Gasteiger partial charge is 0.266 e. The third-order valence-corrected chi connectivity index (χ3v) is 6.23. The van der Waals surface area contributed by atoms with Gasteiger partial charge in [0.05, 0.1) is 0 Å². The lowest BCUT2D eigenvalue weighted by Crippen LogP contribution is -2.42. The molecule has 1 aromatic heterocycles. The van der Waals surface area contributed by atoms with Crippen LogP contribution in [0.4, 0.5) is 0 Å². The molecule has 2 heteroatoms. The highest BCUT2D eigenvalue weighted by molar-refractivity contribution is 6.89. The summed E-state index contributed by atoms with van der Waals surface area (Å²) in [5.74, 6) is 0.832. The van der Waals surface area contributed by atoms with Crippen LogP contribution in [0.1, 0.15) is 26.7 Å². The normalized spacial score (nSPS) is 12.1. The molecular weight excluding hydrogens is 198 g/mol. The molecule has 1 aromatic rings. The van der Waals surface area contributed by atoms with E-state index < -0.39 is 8.07 Å². The summed E-state index contributed by atoms with van der Waals surface area (Å²) in [4.78, 5) is 4.51. The van der Waals surface area contributed by atoms with Gasteiger partial charge >= 0.3 is 0 Å². The van der Waals surface area contributed by atoms with Gasteiger partial charge in [-0.2, -0.15) is 0 Å². The van der Waals surface area contributed by atoms with E-state index in [-0.39, 0.29) is 0 Å². The third-order valence-electron chi connectivity index (χ3n) is 2.94. The monoisotopic (exact) mass is 221 g/mol. The molecular formula is C13H23NSi. The van der Waals surface area contributed by atoms with Crippen molar-refractivity contribution in [1.82, 2.24) is 4.98 Å². The van der Waals surface area contributed by atoms with Crippen LogP contribution in [0.15, 0.2) is 24.4 Å². The second-order valence-corrected chi connectivity index (χ2v) is 10.2. The topological polar surface area (TPSA) is 12.9 Å². The molecule has 0 radical (unpaired) electrons. The van der Waals surface area contributed by atoms with Crippen LogP contribution in [0.3, 0.4) is 0 Å². The molecule has 15 heavy (non-hydrogen) atoms. The van der Waals surface area contributed by atoms with Crippen molar-refractivity contribution in [2.24, 2.45) is 5.92 Å². The Bertz CT molecular complexity index is 280. The van der Waals surface area contributed by atoms with Crippen LogP contribution in [-0.4, -0.2) is 13.1 Å². The van der Waals surface area contributed by atoms with Crippen molar-refractivity contribution in [3.05, 3.63) is 24.4 Å².